The van der Waals surface area contributed by atoms with Gasteiger partial charge in [0.25, 0.3) is 0 Å². The molecule has 0 bridgehead atoms. The van der Waals surface area contributed by atoms with Gasteiger partial charge in [0.2, 0.25) is 5.91 Å². The van der Waals surface area contributed by atoms with Gasteiger partial charge in [-0.05, 0) is 51.7 Å². The molecule has 0 spiro atoms. The van der Waals surface area contributed by atoms with Crippen LogP contribution in [0.5, 0.6) is 5.75 Å². The molecule has 0 aliphatic carbocycles. The highest BCUT2D eigenvalue weighted by molar-refractivity contribution is 5.76. The number of rotatable bonds is 4. The van der Waals surface area contributed by atoms with Gasteiger partial charge in [0.1, 0.15) is 5.75 Å². The average molecular weight is 275 g/mol. The number of ether oxygens (including phenoxy) is 1. The fraction of sp³-hybridized carbons (Fsp3) is 0.588. The normalized spacial score (nSPS) is 18.9. The fourth-order valence-electron chi connectivity index (χ4n) is 2.82. The van der Waals surface area contributed by atoms with Gasteiger partial charge in [0.15, 0.2) is 0 Å². The molecule has 1 atom stereocenters. The number of hydrogen-bond donors (Lipinski definition) is 0. The van der Waals surface area contributed by atoms with Crippen LogP contribution in [0.25, 0.3) is 0 Å². The van der Waals surface area contributed by atoms with Crippen molar-refractivity contribution >= 4 is 5.91 Å². The number of aryl methyl sites for hydroxylation is 2. The lowest BCUT2D eigenvalue weighted by molar-refractivity contribution is -0.134. The van der Waals surface area contributed by atoms with E-state index in [2.05, 4.69) is 19.9 Å². The molecule has 0 N–H and O–H groups in total. The highest BCUT2D eigenvalue weighted by atomic mass is 16.5. The van der Waals surface area contributed by atoms with Gasteiger partial charge >= 0.3 is 0 Å². The Balaban J connectivity index is 1.81. The molecule has 1 aromatic carbocycles. The molecule has 0 radical (unpaired) electrons. The second-order valence-electron chi connectivity index (χ2n) is 5.80. The lowest BCUT2D eigenvalue weighted by Gasteiger charge is -2.33. The molecule has 1 heterocycles. The van der Waals surface area contributed by atoms with E-state index in [4.69, 9.17) is 4.74 Å². The van der Waals surface area contributed by atoms with Gasteiger partial charge in [-0.15, -0.1) is 0 Å². The molecule has 1 saturated heterocycles. The number of nitrogens with zero attached hydrogens (tertiary/aromatic N) is 1. The molecule has 1 amide bonds. The molecule has 2 rings (SSSR count). The molecule has 20 heavy (non-hydrogen) atoms. The Morgan fingerprint density at radius 3 is 2.85 bits per heavy atom. The third kappa shape index (κ3) is 3.75. The quantitative estimate of drug-likeness (QED) is 0.842. The van der Waals surface area contributed by atoms with Crippen LogP contribution in [0.15, 0.2) is 18.2 Å². The van der Waals surface area contributed by atoms with E-state index in [9.17, 15) is 4.79 Å². The van der Waals surface area contributed by atoms with Crippen molar-refractivity contribution in [3.8, 4) is 5.75 Å². The Labute approximate surface area is 121 Å². The Bertz CT molecular complexity index is 470. The number of piperidine rings is 1. The van der Waals surface area contributed by atoms with Gasteiger partial charge < -0.3 is 9.64 Å². The minimum Gasteiger partial charge on any atom is -0.493 e. The van der Waals surface area contributed by atoms with Crippen LogP contribution in [0.1, 0.15) is 43.7 Å². The summed E-state index contributed by atoms with van der Waals surface area (Å²) in [5.74, 6) is 1.11. The number of amides is 1. The third-order valence-corrected chi connectivity index (χ3v) is 4.03. The lowest BCUT2D eigenvalue weighted by atomic mass is 10.0. The van der Waals surface area contributed by atoms with Crippen LogP contribution in [-0.2, 0) is 4.79 Å². The number of likely N-dealkylation sites (tertiary alicyclic amines) is 1. The summed E-state index contributed by atoms with van der Waals surface area (Å²) in [6.07, 6.45) is 3.97. The van der Waals surface area contributed by atoms with E-state index in [1.165, 1.54) is 12.0 Å². The summed E-state index contributed by atoms with van der Waals surface area (Å²) in [5, 5.41) is 0. The number of hydrogen-bond acceptors (Lipinski definition) is 2. The van der Waals surface area contributed by atoms with E-state index in [1.54, 1.807) is 0 Å². The maximum atomic E-state index is 12.2. The fourth-order valence-corrected chi connectivity index (χ4v) is 2.82. The maximum Gasteiger partial charge on any atom is 0.226 e. The van der Waals surface area contributed by atoms with Gasteiger partial charge in [-0.25, -0.2) is 0 Å². The van der Waals surface area contributed by atoms with Crippen molar-refractivity contribution in [3.63, 3.8) is 0 Å². The second-order valence-corrected chi connectivity index (χ2v) is 5.80. The largest absolute Gasteiger partial charge is 0.493 e. The minimum absolute atomic E-state index is 0.224. The van der Waals surface area contributed by atoms with Gasteiger partial charge in [0.05, 0.1) is 13.0 Å². The first-order chi connectivity index (χ1) is 9.58. The van der Waals surface area contributed by atoms with Crippen molar-refractivity contribution in [2.75, 3.05) is 13.2 Å². The summed E-state index contributed by atoms with van der Waals surface area (Å²) >= 11 is 0. The molecule has 1 fully saturated rings. The van der Waals surface area contributed by atoms with Crippen molar-refractivity contribution in [2.24, 2.45) is 0 Å². The van der Waals surface area contributed by atoms with E-state index in [0.29, 0.717) is 19.1 Å². The summed E-state index contributed by atoms with van der Waals surface area (Å²) in [5.41, 5.74) is 2.36. The van der Waals surface area contributed by atoms with Crippen molar-refractivity contribution in [1.82, 2.24) is 4.90 Å². The lowest BCUT2D eigenvalue weighted by Crippen LogP contribution is -2.42. The number of carbonyl (C=O) groups is 1. The summed E-state index contributed by atoms with van der Waals surface area (Å²) in [6, 6.07) is 6.51. The minimum atomic E-state index is 0.224. The molecule has 110 valence electrons. The van der Waals surface area contributed by atoms with Crippen LogP contribution in [0.2, 0.25) is 0 Å². The van der Waals surface area contributed by atoms with Crippen molar-refractivity contribution in [2.45, 2.75) is 52.5 Å². The Hall–Kier alpha value is -1.51. The Kier molecular flexibility index (Phi) is 5.05. The molecule has 1 aliphatic rings. The van der Waals surface area contributed by atoms with Crippen LogP contribution < -0.4 is 4.74 Å². The summed E-state index contributed by atoms with van der Waals surface area (Å²) in [4.78, 5) is 14.2. The first-order valence-corrected chi connectivity index (χ1v) is 7.57. The standard InChI is InChI=1S/C17H25NO2/c1-13-7-8-16(14(2)12-13)20-11-9-17(19)18-10-5-4-6-15(18)3/h7-8,12,15H,4-6,9-11H2,1-3H3. The zero-order valence-electron chi connectivity index (χ0n) is 12.8. The predicted molar refractivity (Wildman–Crippen MR) is 81.1 cm³/mol. The number of carbonyl (C=O) groups excluding carboxylic acids is 1. The van der Waals surface area contributed by atoms with Gasteiger partial charge in [-0.3, -0.25) is 4.79 Å². The molecular formula is C17H25NO2. The van der Waals surface area contributed by atoms with E-state index in [1.807, 2.05) is 24.0 Å². The van der Waals surface area contributed by atoms with Crippen LogP contribution in [0, 0.1) is 13.8 Å². The second kappa shape index (κ2) is 6.78. The molecule has 1 aromatic rings. The highest BCUT2D eigenvalue weighted by Gasteiger charge is 2.22. The first kappa shape index (κ1) is 14.9. The zero-order valence-corrected chi connectivity index (χ0v) is 12.8. The van der Waals surface area contributed by atoms with Crippen molar-refractivity contribution in [3.05, 3.63) is 29.3 Å². The van der Waals surface area contributed by atoms with Crippen LogP contribution in [-0.4, -0.2) is 30.0 Å². The summed E-state index contributed by atoms with van der Waals surface area (Å²) in [6.45, 7) is 7.62. The predicted octanol–water partition coefficient (Wildman–Crippen LogP) is 3.47. The third-order valence-electron chi connectivity index (χ3n) is 4.03. The van der Waals surface area contributed by atoms with Crippen LogP contribution in [0.3, 0.4) is 0 Å². The molecule has 3 nitrogen and oxygen atoms in total. The molecule has 1 aliphatic heterocycles. The smallest absolute Gasteiger partial charge is 0.226 e. The van der Waals surface area contributed by atoms with Crippen molar-refractivity contribution in [1.29, 1.82) is 0 Å². The zero-order chi connectivity index (χ0) is 14.5. The first-order valence-electron chi connectivity index (χ1n) is 7.57. The Morgan fingerprint density at radius 1 is 1.35 bits per heavy atom. The van der Waals surface area contributed by atoms with Crippen molar-refractivity contribution < 1.29 is 9.53 Å². The SMILES string of the molecule is Cc1ccc(OCCC(=O)N2CCCCC2C)c(C)c1. The van der Waals surface area contributed by atoms with Crippen LogP contribution >= 0.6 is 0 Å². The van der Waals surface area contributed by atoms with Gasteiger partial charge in [-0.1, -0.05) is 17.7 Å². The molecular weight excluding hydrogens is 250 g/mol. The van der Waals surface area contributed by atoms with E-state index >= 15 is 0 Å². The number of benzene rings is 1. The highest BCUT2D eigenvalue weighted by Crippen LogP contribution is 2.20. The van der Waals surface area contributed by atoms with Gasteiger partial charge in [0, 0.05) is 12.6 Å². The maximum absolute atomic E-state index is 12.2. The summed E-state index contributed by atoms with van der Waals surface area (Å²) in [7, 11) is 0. The topological polar surface area (TPSA) is 29.5 Å². The monoisotopic (exact) mass is 275 g/mol. The Morgan fingerprint density at radius 2 is 2.15 bits per heavy atom. The average Bonchev–Trinajstić information content (AvgIpc) is 2.41. The molecule has 0 saturated carbocycles. The van der Waals surface area contributed by atoms with E-state index in [-0.39, 0.29) is 5.91 Å². The summed E-state index contributed by atoms with van der Waals surface area (Å²) < 4.78 is 5.74. The van der Waals surface area contributed by atoms with E-state index in [0.717, 1.165) is 30.7 Å². The molecule has 3 heteroatoms. The van der Waals surface area contributed by atoms with Gasteiger partial charge in [-0.2, -0.15) is 0 Å². The van der Waals surface area contributed by atoms with E-state index < -0.39 is 0 Å². The molecule has 0 aromatic heterocycles. The van der Waals surface area contributed by atoms with Crippen LogP contribution in [0.4, 0.5) is 0 Å². The molecule has 1 unspecified atom stereocenters.